The number of nitrogens with zero attached hydrogens (tertiary/aromatic N) is 1. The van der Waals surface area contributed by atoms with E-state index >= 15 is 0 Å². The zero-order chi connectivity index (χ0) is 24.0. The molecule has 0 aliphatic carbocycles. The first-order chi connectivity index (χ1) is 15.7. The zero-order valence-electron chi connectivity index (χ0n) is 17.6. The lowest BCUT2D eigenvalue weighted by molar-refractivity contribution is -0.123. The predicted octanol–water partition coefficient (Wildman–Crippen LogP) is 2.49. The Kier molecular flexibility index (Phi) is 7.95. The van der Waals surface area contributed by atoms with E-state index in [0.29, 0.717) is 18.9 Å². The Balaban J connectivity index is 1.56. The van der Waals surface area contributed by atoms with Gasteiger partial charge in [0.15, 0.2) is 6.10 Å². The number of carbonyl (C=O) groups is 2. The van der Waals surface area contributed by atoms with E-state index in [4.69, 9.17) is 9.47 Å². The molecule has 1 heterocycles. The maximum Gasteiger partial charge on any atom is 0.387 e. The molecule has 1 fully saturated rings. The summed E-state index contributed by atoms with van der Waals surface area (Å²) in [6.07, 6.45) is -1.17. The lowest BCUT2D eigenvalue weighted by atomic mass is 10.2. The van der Waals surface area contributed by atoms with Crippen molar-refractivity contribution in [2.75, 3.05) is 31.6 Å². The number of hydrogen-bond donors (Lipinski definition) is 1. The molecule has 0 radical (unpaired) electrons. The van der Waals surface area contributed by atoms with Gasteiger partial charge in [0.2, 0.25) is 10.0 Å². The van der Waals surface area contributed by atoms with Crippen LogP contribution in [0.15, 0.2) is 53.4 Å². The Bertz CT molecular complexity index is 1070. The number of amides is 1. The molecule has 1 aliphatic rings. The monoisotopic (exact) mass is 484 g/mol. The molecule has 0 spiro atoms. The van der Waals surface area contributed by atoms with E-state index in [2.05, 4.69) is 10.1 Å². The van der Waals surface area contributed by atoms with Gasteiger partial charge in [-0.2, -0.15) is 13.1 Å². The van der Waals surface area contributed by atoms with Gasteiger partial charge >= 0.3 is 12.6 Å². The number of nitrogens with one attached hydrogen (secondary N) is 1. The maximum atomic E-state index is 12.6. The second kappa shape index (κ2) is 10.7. The van der Waals surface area contributed by atoms with Gasteiger partial charge in [0, 0.05) is 18.8 Å². The number of esters is 1. The van der Waals surface area contributed by atoms with Gasteiger partial charge < -0.3 is 19.5 Å². The van der Waals surface area contributed by atoms with E-state index in [1.807, 2.05) is 0 Å². The van der Waals surface area contributed by atoms with Crippen molar-refractivity contribution in [1.82, 2.24) is 4.31 Å². The Morgan fingerprint density at radius 3 is 2.21 bits per heavy atom. The average molecular weight is 484 g/mol. The van der Waals surface area contributed by atoms with E-state index in [1.54, 1.807) is 0 Å². The third kappa shape index (κ3) is 6.46. The van der Waals surface area contributed by atoms with Gasteiger partial charge in [0.25, 0.3) is 5.91 Å². The zero-order valence-corrected chi connectivity index (χ0v) is 18.4. The highest BCUT2D eigenvalue weighted by Crippen LogP contribution is 2.20. The Labute approximate surface area is 189 Å². The molecule has 0 saturated carbocycles. The summed E-state index contributed by atoms with van der Waals surface area (Å²) in [5.74, 6) is -1.58. The molecule has 33 heavy (non-hydrogen) atoms. The molecule has 1 aliphatic heterocycles. The van der Waals surface area contributed by atoms with Crippen molar-refractivity contribution in [3.63, 3.8) is 0 Å². The van der Waals surface area contributed by atoms with Crippen LogP contribution in [0.2, 0.25) is 0 Å². The van der Waals surface area contributed by atoms with Crippen LogP contribution in [-0.2, 0) is 24.3 Å². The minimum absolute atomic E-state index is 0.0499. The van der Waals surface area contributed by atoms with Gasteiger partial charge in [-0.25, -0.2) is 13.2 Å². The summed E-state index contributed by atoms with van der Waals surface area (Å²) >= 11 is 0. The van der Waals surface area contributed by atoms with Crippen molar-refractivity contribution >= 4 is 27.6 Å². The summed E-state index contributed by atoms with van der Waals surface area (Å²) in [5.41, 5.74) is 0.367. The van der Waals surface area contributed by atoms with Crippen LogP contribution in [0.3, 0.4) is 0 Å². The molecule has 2 aromatic carbocycles. The number of anilines is 1. The molecule has 1 N–H and O–H groups in total. The van der Waals surface area contributed by atoms with E-state index in [1.165, 1.54) is 59.8 Å². The number of ether oxygens (including phenoxy) is 3. The van der Waals surface area contributed by atoms with Crippen LogP contribution in [0.25, 0.3) is 0 Å². The van der Waals surface area contributed by atoms with Crippen LogP contribution >= 0.6 is 0 Å². The fourth-order valence-electron chi connectivity index (χ4n) is 2.94. The van der Waals surface area contributed by atoms with Gasteiger partial charge in [-0.3, -0.25) is 4.79 Å². The smallest absolute Gasteiger partial charge is 0.387 e. The Morgan fingerprint density at radius 2 is 1.64 bits per heavy atom. The molecule has 1 saturated heterocycles. The summed E-state index contributed by atoms with van der Waals surface area (Å²) in [7, 11) is -3.66. The van der Waals surface area contributed by atoms with Crippen LogP contribution in [0.4, 0.5) is 14.5 Å². The molecule has 2 aromatic rings. The summed E-state index contributed by atoms with van der Waals surface area (Å²) in [6, 6.07) is 10.4. The van der Waals surface area contributed by atoms with Crippen molar-refractivity contribution < 1.29 is 41.0 Å². The van der Waals surface area contributed by atoms with Crippen LogP contribution in [0, 0.1) is 0 Å². The maximum absolute atomic E-state index is 12.6. The second-order valence-corrected chi connectivity index (χ2v) is 8.92. The molecule has 178 valence electrons. The summed E-state index contributed by atoms with van der Waals surface area (Å²) in [5, 5.41) is 2.54. The van der Waals surface area contributed by atoms with Gasteiger partial charge in [-0.1, -0.05) is 0 Å². The number of rotatable bonds is 8. The third-order valence-corrected chi connectivity index (χ3v) is 6.61. The van der Waals surface area contributed by atoms with Crippen molar-refractivity contribution in [3.05, 3.63) is 54.1 Å². The topological polar surface area (TPSA) is 111 Å². The summed E-state index contributed by atoms with van der Waals surface area (Å²) in [6.45, 7) is -0.425. The number of hydrogen-bond acceptors (Lipinski definition) is 7. The van der Waals surface area contributed by atoms with Crippen molar-refractivity contribution in [2.45, 2.75) is 24.5 Å². The van der Waals surface area contributed by atoms with Crippen LogP contribution in [0.1, 0.15) is 17.3 Å². The van der Waals surface area contributed by atoms with Crippen LogP contribution < -0.4 is 10.1 Å². The Hall–Kier alpha value is -3.09. The van der Waals surface area contributed by atoms with Crippen molar-refractivity contribution in [1.29, 1.82) is 0 Å². The largest absolute Gasteiger partial charge is 0.449 e. The minimum atomic E-state index is -3.66. The molecule has 0 aromatic heterocycles. The molecular weight excluding hydrogens is 462 g/mol. The van der Waals surface area contributed by atoms with Crippen molar-refractivity contribution in [3.8, 4) is 5.75 Å². The second-order valence-electron chi connectivity index (χ2n) is 6.98. The molecule has 12 heteroatoms. The first-order valence-electron chi connectivity index (χ1n) is 9.91. The number of morpholine rings is 1. The molecule has 3 rings (SSSR count). The summed E-state index contributed by atoms with van der Waals surface area (Å²) < 4.78 is 65.5. The third-order valence-electron chi connectivity index (χ3n) is 4.70. The molecule has 1 amide bonds. The van der Waals surface area contributed by atoms with Gasteiger partial charge in [-0.15, -0.1) is 0 Å². The van der Waals surface area contributed by atoms with Crippen LogP contribution in [-0.4, -0.2) is 63.6 Å². The molecule has 1 unspecified atom stereocenters. The lowest BCUT2D eigenvalue weighted by Crippen LogP contribution is -2.40. The molecule has 1 atom stereocenters. The normalized spacial score (nSPS) is 15.6. The number of alkyl halides is 2. The van der Waals surface area contributed by atoms with Crippen molar-refractivity contribution in [2.24, 2.45) is 0 Å². The molecular formula is C21H22F2N2O7S. The number of benzene rings is 2. The molecule has 0 bridgehead atoms. The number of sulfonamides is 1. The first-order valence-corrected chi connectivity index (χ1v) is 11.4. The number of carbonyl (C=O) groups excluding carboxylic acids is 2. The average Bonchev–Trinajstić information content (AvgIpc) is 2.80. The van der Waals surface area contributed by atoms with E-state index in [-0.39, 0.29) is 29.3 Å². The standard InChI is InChI=1S/C21H22F2N2O7S/c1-14(31-20(27)15-2-6-17(7-3-15)32-21(22)23)19(26)24-16-4-8-18(9-5-16)33(28,29)25-10-12-30-13-11-25/h2-9,14,21H,10-13H2,1H3,(H,24,26). The van der Waals surface area contributed by atoms with Gasteiger partial charge in [0.1, 0.15) is 5.75 Å². The number of halogens is 2. The van der Waals surface area contributed by atoms with Gasteiger partial charge in [0.05, 0.1) is 23.7 Å². The fraction of sp³-hybridized carbons (Fsp3) is 0.333. The highest BCUT2D eigenvalue weighted by molar-refractivity contribution is 7.89. The quantitative estimate of drug-likeness (QED) is 0.573. The Morgan fingerprint density at radius 1 is 1.03 bits per heavy atom. The van der Waals surface area contributed by atoms with E-state index in [0.717, 1.165) is 0 Å². The summed E-state index contributed by atoms with van der Waals surface area (Å²) in [4.78, 5) is 24.6. The highest BCUT2D eigenvalue weighted by atomic mass is 32.2. The molecule has 9 nitrogen and oxygen atoms in total. The van der Waals surface area contributed by atoms with Crippen LogP contribution in [0.5, 0.6) is 5.75 Å². The van der Waals surface area contributed by atoms with E-state index in [9.17, 15) is 26.8 Å². The first kappa shape index (κ1) is 24.6. The highest BCUT2D eigenvalue weighted by Gasteiger charge is 2.26. The van der Waals surface area contributed by atoms with Gasteiger partial charge in [-0.05, 0) is 55.5 Å². The van der Waals surface area contributed by atoms with E-state index < -0.39 is 34.6 Å². The predicted molar refractivity (Wildman–Crippen MR) is 113 cm³/mol. The fourth-order valence-corrected chi connectivity index (χ4v) is 4.35. The lowest BCUT2D eigenvalue weighted by Gasteiger charge is -2.26. The minimum Gasteiger partial charge on any atom is -0.449 e. The SMILES string of the molecule is CC(OC(=O)c1ccc(OC(F)F)cc1)C(=O)Nc1ccc(S(=O)(=O)N2CCOCC2)cc1.